The fraction of sp³-hybridized carbons (Fsp3) is 0.789. The third-order valence-corrected chi connectivity index (χ3v) is 4.29. The Morgan fingerprint density at radius 2 is 1.96 bits per heavy atom. The molecular weight excluding hydrogens is 312 g/mol. The summed E-state index contributed by atoms with van der Waals surface area (Å²) in [4.78, 5) is 7.37. The second-order valence-corrected chi connectivity index (χ2v) is 6.77. The van der Waals surface area contributed by atoms with E-state index >= 15 is 0 Å². The summed E-state index contributed by atoms with van der Waals surface area (Å²) in [5.41, 5.74) is 0. The highest BCUT2D eigenvalue weighted by atomic mass is 15.3. The molecule has 0 spiro atoms. The summed E-state index contributed by atoms with van der Waals surface area (Å²) >= 11 is 0. The number of guanidine groups is 1. The van der Waals surface area contributed by atoms with E-state index in [9.17, 15) is 0 Å². The Hall–Kier alpha value is -1.56. The lowest BCUT2D eigenvalue weighted by Gasteiger charge is -2.30. The van der Waals surface area contributed by atoms with Crippen LogP contribution >= 0.6 is 0 Å². The van der Waals surface area contributed by atoms with Crippen LogP contribution in [0, 0.1) is 5.92 Å². The van der Waals surface area contributed by atoms with Crippen molar-refractivity contribution >= 4 is 5.96 Å². The molecule has 0 saturated heterocycles. The zero-order valence-corrected chi connectivity index (χ0v) is 16.8. The first-order valence-corrected chi connectivity index (χ1v) is 9.84. The number of nitrogens with one attached hydrogen (secondary N) is 2. The van der Waals surface area contributed by atoms with Crippen molar-refractivity contribution in [1.29, 1.82) is 0 Å². The molecule has 1 heterocycles. The van der Waals surface area contributed by atoms with Crippen LogP contribution in [0.2, 0.25) is 0 Å². The Morgan fingerprint density at radius 1 is 1.20 bits per heavy atom. The van der Waals surface area contributed by atoms with Gasteiger partial charge in [0.15, 0.2) is 5.96 Å². The fourth-order valence-electron chi connectivity index (χ4n) is 3.04. The molecule has 0 radical (unpaired) electrons. The van der Waals surface area contributed by atoms with Crippen molar-refractivity contribution in [2.45, 2.75) is 60.0 Å². The van der Waals surface area contributed by atoms with Crippen molar-refractivity contribution in [2.75, 3.05) is 32.7 Å². The van der Waals surface area contributed by atoms with Crippen LogP contribution < -0.4 is 10.6 Å². The van der Waals surface area contributed by atoms with Gasteiger partial charge in [-0.2, -0.15) is 5.10 Å². The van der Waals surface area contributed by atoms with Gasteiger partial charge in [-0.3, -0.25) is 14.6 Å². The van der Waals surface area contributed by atoms with E-state index < -0.39 is 0 Å². The summed E-state index contributed by atoms with van der Waals surface area (Å²) in [6.07, 6.45) is 6.03. The predicted octanol–water partition coefficient (Wildman–Crippen LogP) is 2.58. The third-order valence-electron chi connectivity index (χ3n) is 4.29. The van der Waals surface area contributed by atoms with Gasteiger partial charge in [0.05, 0.1) is 6.54 Å². The lowest BCUT2D eigenvalue weighted by molar-refractivity contribution is 0.196. The van der Waals surface area contributed by atoms with E-state index in [-0.39, 0.29) is 0 Å². The molecule has 1 aromatic heterocycles. The Morgan fingerprint density at radius 3 is 2.52 bits per heavy atom. The molecule has 25 heavy (non-hydrogen) atoms. The molecule has 0 aliphatic carbocycles. The number of aromatic nitrogens is 2. The average Bonchev–Trinajstić information content (AvgIpc) is 3.10. The number of hydrogen-bond donors (Lipinski definition) is 2. The number of hydrogen-bond acceptors (Lipinski definition) is 3. The van der Waals surface area contributed by atoms with E-state index in [1.807, 2.05) is 23.1 Å². The van der Waals surface area contributed by atoms with Crippen LogP contribution in [0.3, 0.4) is 0 Å². The Labute approximate surface area is 154 Å². The van der Waals surface area contributed by atoms with Gasteiger partial charge >= 0.3 is 0 Å². The second-order valence-electron chi connectivity index (χ2n) is 6.77. The highest BCUT2D eigenvalue weighted by Gasteiger charge is 2.17. The molecule has 1 atom stereocenters. The minimum Gasteiger partial charge on any atom is -0.357 e. The highest BCUT2D eigenvalue weighted by molar-refractivity contribution is 5.79. The minimum absolute atomic E-state index is 0.509. The maximum Gasteiger partial charge on any atom is 0.191 e. The van der Waals surface area contributed by atoms with Crippen LogP contribution in [0.25, 0.3) is 0 Å². The molecule has 0 fully saturated rings. The third kappa shape index (κ3) is 8.91. The van der Waals surface area contributed by atoms with Crippen LogP contribution in [0.15, 0.2) is 23.5 Å². The molecule has 6 nitrogen and oxygen atoms in total. The summed E-state index contributed by atoms with van der Waals surface area (Å²) in [6, 6.07) is 2.47. The topological polar surface area (TPSA) is 57.5 Å². The smallest absolute Gasteiger partial charge is 0.191 e. The van der Waals surface area contributed by atoms with E-state index in [0.29, 0.717) is 12.0 Å². The molecule has 0 amide bonds. The average molecular weight is 351 g/mol. The zero-order chi connectivity index (χ0) is 18.5. The lowest BCUT2D eigenvalue weighted by Crippen LogP contribution is -2.41. The van der Waals surface area contributed by atoms with Crippen molar-refractivity contribution in [3.05, 3.63) is 18.5 Å². The standard InChI is InChI=1S/C19H38N6/c1-6-20-19(21-11-9-13-25-14-10-12-23-25)22-16-18(15-17(4)5)24(7-2)8-3/h10,12,14,17-18H,6-9,11,13,15-16H2,1-5H3,(H2,20,21,22). The number of nitrogens with zero attached hydrogens (tertiary/aromatic N) is 4. The first kappa shape index (κ1) is 21.5. The van der Waals surface area contributed by atoms with Crippen LogP contribution in [0.1, 0.15) is 47.5 Å². The summed E-state index contributed by atoms with van der Waals surface area (Å²) in [5.74, 6) is 1.61. The Kier molecular flexibility index (Phi) is 11.0. The molecule has 0 aliphatic heterocycles. The molecule has 1 unspecified atom stereocenters. The molecule has 6 heteroatoms. The normalized spacial score (nSPS) is 13.5. The van der Waals surface area contributed by atoms with Crippen LogP contribution in [0.5, 0.6) is 0 Å². The number of rotatable bonds is 12. The number of likely N-dealkylation sites (N-methyl/N-ethyl adjacent to an activating group) is 1. The van der Waals surface area contributed by atoms with Crippen LogP contribution in [-0.4, -0.2) is 59.4 Å². The van der Waals surface area contributed by atoms with Gasteiger partial charge in [-0.1, -0.05) is 27.7 Å². The summed E-state index contributed by atoms with van der Waals surface area (Å²) in [5, 5.41) is 11.0. The largest absolute Gasteiger partial charge is 0.357 e. The fourth-order valence-corrected chi connectivity index (χ4v) is 3.04. The zero-order valence-electron chi connectivity index (χ0n) is 16.8. The van der Waals surface area contributed by atoms with Crippen LogP contribution in [-0.2, 0) is 6.54 Å². The van der Waals surface area contributed by atoms with Crippen molar-refractivity contribution in [3.63, 3.8) is 0 Å². The molecule has 1 aromatic rings. The van der Waals surface area contributed by atoms with E-state index in [2.05, 4.69) is 55.3 Å². The van der Waals surface area contributed by atoms with Gasteiger partial charge in [0.1, 0.15) is 0 Å². The maximum absolute atomic E-state index is 4.85. The molecule has 2 N–H and O–H groups in total. The molecule has 0 aliphatic rings. The molecule has 0 saturated carbocycles. The van der Waals surface area contributed by atoms with E-state index in [1.165, 1.54) is 6.42 Å². The highest BCUT2D eigenvalue weighted by Crippen LogP contribution is 2.12. The van der Waals surface area contributed by atoms with Gasteiger partial charge in [0, 0.05) is 38.1 Å². The SMILES string of the molecule is CCNC(=NCC(CC(C)C)N(CC)CC)NCCCn1cccn1. The first-order valence-electron chi connectivity index (χ1n) is 9.84. The van der Waals surface area contributed by atoms with Crippen molar-refractivity contribution in [3.8, 4) is 0 Å². The second kappa shape index (κ2) is 12.8. The lowest BCUT2D eigenvalue weighted by atomic mass is 10.0. The molecule has 0 bridgehead atoms. The predicted molar refractivity (Wildman–Crippen MR) is 107 cm³/mol. The van der Waals surface area contributed by atoms with Gasteiger partial charge in [-0.15, -0.1) is 0 Å². The van der Waals surface area contributed by atoms with Gasteiger partial charge in [0.2, 0.25) is 0 Å². The first-order chi connectivity index (χ1) is 12.1. The summed E-state index contributed by atoms with van der Waals surface area (Å²) in [6.45, 7) is 16.9. The quantitative estimate of drug-likeness (QED) is 0.346. The van der Waals surface area contributed by atoms with Gasteiger partial charge in [0.25, 0.3) is 0 Å². The van der Waals surface area contributed by atoms with Gasteiger partial charge in [-0.05, 0) is 44.8 Å². The van der Waals surface area contributed by atoms with E-state index in [1.54, 1.807) is 0 Å². The summed E-state index contributed by atoms with van der Waals surface area (Å²) in [7, 11) is 0. The molecule has 0 aromatic carbocycles. The van der Waals surface area contributed by atoms with Gasteiger partial charge < -0.3 is 10.6 Å². The summed E-state index contributed by atoms with van der Waals surface area (Å²) < 4.78 is 1.96. The van der Waals surface area contributed by atoms with Crippen LogP contribution in [0.4, 0.5) is 0 Å². The minimum atomic E-state index is 0.509. The van der Waals surface area contributed by atoms with E-state index in [0.717, 1.165) is 51.6 Å². The van der Waals surface area contributed by atoms with Gasteiger partial charge in [-0.25, -0.2) is 0 Å². The monoisotopic (exact) mass is 350 g/mol. The molecule has 1 rings (SSSR count). The molecule has 144 valence electrons. The Balaban J connectivity index is 2.51. The number of aliphatic imine (C=N–C) groups is 1. The Bertz CT molecular complexity index is 450. The van der Waals surface area contributed by atoms with Crippen molar-refractivity contribution < 1.29 is 0 Å². The van der Waals surface area contributed by atoms with Crippen molar-refractivity contribution in [2.24, 2.45) is 10.9 Å². The van der Waals surface area contributed by atoms with E-state index in [4.69, 9.17) is 4.99 Å². The molecular formula is C19H38N6. The van der Waals surface area contributed by atoms with Crippen molar-refractivity contribution in [1.82, 2.24) is 25.3 Å². The maximum atomic E-state index is 4.85. The number of aryl methyl sites for hydroxylation is 1.